The normalized spacial score (nSPS) is 9.59. The van der Waals surface area contributed by atoms with Gasteiger partial charge in [-0.15, -0.1) is 0 Å². The van der Waals surface area contributed by atoms with Crippen molar-refractivity contribution in [2.45, 2.75) is 13.8 Å². The largest absolute Gasteiger partial charge is 0.481 e. The molecule has 7 nitrogen and oxygen atoms in total. The number of anilines is 1. The molecule has 0 saturated heterocycles. The molecule has 0 spiro atoms. The van der Waals surface area contributed by atoms with Crippen LogP contribution in [0, 0.1) is 6.92 Å². The number of rotatable bonds is 3. The summed E-state index contributed by atoms with van der Waals surface area (Å²) in [5.74, 6) is -1.59. The topological polar surface area (TPSA) is 90.4 Å². The summed E-state index contributed by atoms with van der Waals surface area (Å²) in [5, 5.41) is 2.23. The van der Waals surface area contributed by atoms with Gasteiger partial charge in [0, 0.05) is 11.8 Å². The first-order chi connectivity index (χ1) is 8.06. The maximum atomic E-state index is 11.3. The number of aryl methyl sites for hydroxylation is 1. The number of nitrogens with one attached hydrogen (secondary N) is 1. The Balaban J connectivity index is 2.77. The lowest BCUT2D eigenvalue weighted by molar-refractivity contribution is -0.152. The summed E-state index contributed by atoms with van der Waals surface area (Å²) in [4.78, 5) is 30.2. The lowest BCUT2D eigenvalue weighted by Crippen LogP contribution is -2.26. The van der Waals surface area contributed by atoms with E-state index in [1.165, 1.54) is 7.11 Å². The second-order valence-corrected chi connectivity index (χ2v) is 3.05. The maximum Gasteiger partial charge on any atom is 0.397 e. The first-order valence-electron chi connectivity index (χ1n) is 4.94. The van der Waals surface area contributed by atoms with E-state index in [2.05, 4.69) is 20.0 Å². The third-order valence-electron chi connectivity index (χ3n) is 1.73. The number of amides is 1. The summed E-state index contributed by atoms with van der Waals surface area (Å²) >= 11 is 0. The number of aromatic nitrogens is 2. The molecule has 0 bridgehead atoms. The van der Waals surface area contributed by atoms with Gasteiger partial charge in [0.1, 0.15) is 0 Å². The van der Waals surface area contributed by atoms with Gasteiger partial charge < -0.3 is 9.47 Å². The van der Waals surface area contributed by atoms with Crippen LogP contribution < -0.4 is 10.1 Å². The molecule has 1 rings (SSSR count). The molecule has 0 unspecified atom stereocenters. The minimum absolute atomic E-state index is 0.0000898. The fourth-order valence-electron chi connectivity index (χ4n) is 1.05. The average Bonchev–Trinajstić information content (AvgIpc) is 2.28. The Labute approximate surface area is 98.2 Å². The molecule has 0 radical (unpaired) electrons. The molecule has 92 valence electrons. The van der Waals surface area contributed by atoms with Crippen LogP contribution in [-0.2, 0) is 14.3 Å². The fraction of sp³-hybridized carbons (Fsp3) is 0.400. The lowest BCUT2D eigenvalue weighted by atomic mass is 10.4. The van der Waals surface area contributed by atoms with Gasteiger partial charge in [-0.1, -0.05) is 0 Å². The van der Waals surface area contributed by atoms with Gasteiger partial charge in [-0.2, -0.15) is 4.98 Å². The molecule has 0 fully saturated rings. The molecular weight excluding hydrogens is 226 g/mol. The zero-order valence-corrected chi connectivity index (χ0v) is 9.81. The first kappa shape index (κ1) is 12.9. The Bertz CT molecular complexity index is 434. The van der Waals surface area contributed by atoms with E-state index in [1.807, 2.05) is 0 Å². The molecule has 0 aliphatic rings. The van der Waals surface area contributed by atoms with Gasteiger partial charge in [-0.05, 0) is 13.8 Å². The zero-order chi connectivity index (χ0) is 12.8. The number of methoxy groups -OCH3 is 1. The molecule has 0 saturated carbocycles. The third-order valence-corrected chi connectivity index (χ3v) is 1.73. The van der Waals surface area contributed by atoms with E-state index in [9.17, 15) is 9.59 Å². The summed E-state index contributed by atoms with van der Waals surface area (Å²) in [6.45, 7) is 3.45. The van der Waals surface area contributed by atoms with Crippen LogP contribution in [0.2, 0.25) is 0 Å². The summed E-state index contributed by atoms with van der Waals surface area (Å²) in [7, 11) is 1.44. The predicted octanol–water partition coefficient (Wildman–Crippen LogP) is 0.295. The SMILES string of the molecule is CCOC(=O)C(=O)Nc1nc(C)cc(OC)n1. The van der Waals surface area contributed by atoms with Crippen molar-refractivity contribution >= 4 is 17.8 Å². The van der Waals surface area contributed by atoms with E-state index < -0.39 is 11.9 Å². The van der Waals surface area contributed by atoms with E-state index in [0.717, 1.165) is 0 Å². The quantitative estimate of drug-likeness (QED) is 0.602. The highest BCUT2D eigenvalue weighted by atomic mass is 16.5. The van der Waals surface area contributed by atoms with Crippen LogP contribution in [0.25, 0.3) is 0 Å². The van der Waals surface area contributed by atoms with Gasteiger partial charge in [0.15, 0.2) is 0 Å². The monoisotopic (exact) mass is 239 g/mol. The highest BCUT2D eigenvalue weighted by Gasteiger charge is 2.16. The van der Waals surface area contributed by atoms with Crippen LogP contribution in [0.3, 0.4) is 0 Å². The molecule has 0 atom stereocenters. The van der Waals surface area contributed by atoms with Gasteiger partial charge >= 0.3 is 11.9 Å². The Kier molecular flexibility index (Phi) is 4.38. The van der Waals surface area contributed by atoms with Crippen molar-refractivity contribution in [3.05, 3.63) is 11.8 Å². The number of hydrogen-bond donors (Lipinski definition) is 1. The molecule has 0 aliphatic heterocycles. The van der Waals surface area contributed by atoms with Crippen molar-refractivity contribution in [3.8, 4) is 5.88 Å². The zero-order valence-electron chi connectivity index (χ0n) is 9.81. The molecule has 0 aliphatic carbocycles. The van der Waals surface area contributed by atoms with Crippen LogP contribution in [-0.4, -0.2) is 35.6 Å². The smallest absolute Gasteiger partial charge is 0.397 e. The number of ether oxygens (including phenoxy) is 2. The molecule has 1 aromatic heterocycles. The first-order valence-corrected chi connectivity index (χ1v) is 4.94. The van der Waals surface area contributed by atoms with E-state index in [4.69, 9.17) is 4.74 Å². The minimum Gasteiger partial charge on any atom is -0.481 e. The van der Waals surface area contributed by atoms with Crippen LogP contribution >= 0.6 is 0 Å². The molecule has 1 heterocycles. The Morgan fingerprint density at radius 1 is 1.41 bits per heavy atom. The van der Waals surface area contributed by atoms with E-state index in [1.54, 1.807) is 19.9 Å². The van der Waals surface area contributed by atoms with Gasteiger partial charge in [0.25, 0.3) is 0 Å². The molecule has 0 aromatic carbocycles. The molecular formula is C10H13N3O4. The molecule has 7 heteroatoms. The second kappa shape index (κ2) is 5.78. The highest BCUT2D eigenvalue weighted by molar-refractivity contribution is 6.37. The summed E-state index contributed by atoms with van der Waals surface area (Å²) in [6.07, 6.45) is 0. The third kappa shape index (κ3) is 3.71. The van der Waals surface area contributed by atoms with Crippen LogP contribution in [0.5, 0.6) is 5.88 Å². The Morgan fingerprint density at radius 3 is 2.71 bits per heavy atom. The fourth-order valence-corrected chi connectivity index (χ4v) is 1.05. The van der Waals surface area contributed by atoms with Crippen molar-refractivity contribution in [3.63, 3.8) is 0 Å². The standard InChI is InChI=1S/C10H13N3O4/c1-4-17-9(15)8(14)13-10-11-6(2)5-7(12-10)16-3/h5H,4H2,1-3H3,(H,11,12,13,14). The van der Waals surface area contributed by atoms with Crippen molar-refractivity contribution in [1.29, 1.82) is 0 Å². The predicted molar refractivity (Wildman–Crippen MR) is 58.6 cm³/mol. The lowest BCUT2D eigenvalue weighted by Gasteiger charge is -2.05. The van der Waals surface area contributed by atoms with Gasteiger partial charge in [0.2, 0.25) is 11.8 Å². The van der Waals surface area contributed by atoms with E-state index >= 15 is 0 Å². The van der Waals surface area contributed by atoms with Crippen molar-refractivity contribution < 1.29 is 19.1 Å². The molecule has 1 amide bonds. The molecule has 1 aromatic rings. The average molecular weight is 239 g/mol. The Hall–Kier alpha value is -2.18. The summed E-state index contributed by atoms with van der Waals surface area (Å²) < 4.78 is 9.43. The van der Waals surface area contributed by atoms with Crippen molar-refractivity contribution in [2.75, 3.05) is 19.0 Å². The molecule has 1 N–H and O–H groups in total. The number of hydrogen-bond acceptors (Lipinski definition) is 6. The Morgan fingerprint density at radius 2 is 2.12 bits per heavy atom. The van der Waals surface area contributed by atoms with Gasteiger partial charge in [-0.25, -0.2) is 9.78 Å². The van der Waals surface area contributed by atoms with Crippen molar-refractivity contribution in [1.82, 2.24) is 9.97 Å². The van der Waals surface area contributed by atoms with Crippen LogP contribution in [0.4, 0.5) is 5.95 Å². The number of nitrogens with zero attached hydrogens (tertiary/aromatic N) is 2. The van der Waals surface area contributed by atoms with Crippen LogP contribution in [0.15, 0.2) is 6.07 Å². The number of carbonyl (C=O) groups is 2. The maximum absolute atomic E-state index is 11.3. The van der Waals surface area contributed by atoms with E-state index in [-0.39, 0.29) is 12.6 Å². The van der Waals surface area contributed by atoms with Crippen LogP contribution in [0.1, 0.15) is 12.6 Å². The highest BCUT2D eigenvalue weighted by Crippen LogP contribution is 2.10. The molecule has 17 heavy (non-hydrogen) atoms. The van der Waals surface area contributed by atoms with Gasteiger partial charge in [0.05, 0.1) is 13.7 Å². The van der Waals surface area contributed by atoms with Crippen molar-refractivity contribution in [2.24, 2.45) is 0 Å². The minimum atomic E-state index is -0.975. The summed E-state index contributed by atoms with van der Waals surface area (Å²) in [5.41, 5.74) is 0.607. The van der Waals surface area contributed by atoms with Gasteiger partial charge in [-0.3, -0.25) is 10.1 Å². The number of esters is 1. The second-order valence-electron chi connectivity index (χ2n) is 3.05. The summed E-state index contributed by atoms with van der Waals surface area (Å²) in [6, 6.07) is 1.60. The number of carbonyl (C=O) groups excluding carboxylic acids is 2. The van der Waals surface area contributed by atoms with E-state index in [0.29, 0.717) is 11.6 Å².